The smallest absolute Gasteiger partial charge is 0.133 e. The van der Waals surface area contributed by atoms with Crippen LogP contribution in [0.2, 0.25) is 5.02 Å². The SMILES string of the molecule is CC(C)CNCc1ccoc1COCc1ccc(Cl)cc1. The van der Waals surface area contributed by atoms with E-state index in [9.17, 15) is 0 Å². The Labute approximate surface area is 131 Å². The molecular weight excluding hydrogens is 286 g/mol. The summed E-state index contributed by atoms with van der Waals surface area (Å²) in [5.74, 6) is 1.53. The number of rotatable bonds is 8. The first kappa shape index (κ1) is 16.1. The van der Waals surface area contributed by atoms with Crippen LogP contribution in [0.1, 0.15) is 30.7 Å². The van der Waals surface area contributed by atoms with Gasteiger partial charge in [-0.05, 0) is 36.2 Å². The Morgan fingerprint density at radius 3 is 2.62 bits per heavy atom. The van der Waals surface area contributed by atoms with Crippen LogP contribution in [0.15, 0.2) is 41.0 Å². The number of hydrogen-bond donors (Lipinski definition) is 1. The predicted molar refractivity (Wildman–Crippen MR) is 85.2 cm³/mol. The third kappa shape index (κ3) is 5.54. The average Bonchev–Trinajstić information content (AvgIpc) is 2.88. The molecule has 0 saturated heterocycles. The zero-order valence-electron chi connectivity index (χ0n) is 12.6. The van der Waals surface area contributed by atoms with Gasteiger partial charge in [0.05, 0.1) is 12.9 Å². The van der Waals surface area contributed by atoms with E-state index in [2.05, 4.69) is 19.2 Å². The molecule has 0 atom stereocenters. The standard InChI is InChI=1S/C17H22ClNO2/c1-13(2)9-19-10-15-7-8-21-17(15)12-20-11-14-3-5-16(18)6-4-14/h3-8,13,19H,9-12H2,1-2H3. The molecule has 2 rings (SSSR count). The minimum Gasteiger partial charge on any atom is -0.467 e. The van der Waals surface area contributed by atoms with Crippen LogP contribution < -0.4 is 5.32 Å². The second-order valence-electron chi connectivity index (χ2n) is 5.51. The fourth-order valence-electron chi connectivity index (χ4n) is 1.99. The summed E-state index contributed by atoms with van der Waals surface area (Å²) in [6.07, 6.45) is 1.72. The monoisotopic (exact) mass is 307 g/mol. The van der Waals surface area contributed by atoms with Gasteiger partial charge in [-0.3, -0.25) is 0 Å². The summed E-state index contributed by atoms with van der Waals surface area (Å²) in [6, 6.07) is 9.67. The molecule has 0 spiro atoms. The lowest BCUT2D eigenvalue weighted by molar-refractivity contribution is 0.0921. The van der Waals surface area contributed by atoms with E-state index in [1.54, 1.807) is 6.26 Å². The molecule has 0 unspecified atom stereocenters. The molecule has 0 fully saturated rings. The van der Waals surface area contributed by atoms with E-state index >= 15 is 0 Å². The molecule has 3 nitrogen and oxygen atoms in total. The highest BCUT2D eigenvalue weighted by molar-refractivity contribution is 6.30. The van der Waals surface area contributed by atoms with Gasteiger partial charge in [0.1, 0.15) is 12.4 Å². The van der Waals surface area contributed by atoms with Crippen molar-refractivity contribution in [2.45, 2.75) is 33.6 Å². The molecule has 0 aliphatic carbocycles. The van der Waals surface area contributed by atoms with E-state index in [0.717, 1.165) is 35.0 Å². The van der Waals surface area contributed by atoms with Gasteiger partial charge in [-0.15, -0.1) is 0 Å². The summed E-state index contributed by atoms with van der Waals surface area (Å²) < 4.78 is 11.2. The minimum absolute atomic E-state index is 0.480. The first-order chi connectivity index (χ1) is 10.1. The third-order valence-corrected chi connectivity index (χ3v) is 3.37. The molecule has 0 aliphatic rings. The summed E-state index contributed by atoms with van der Waals surface area (Å²) >= 11 is 5.86. The number of halogens is 1. The molecule has 2 aromatic rings. The average molecular weight is 308 g/mol. The predicted octanol–water partition coefficient (Wildman–Crippen LogP) is 4.40. The Balaban J connectivity index is 1.78. The van der Waals surface area contributed by atoms with Gasteiger partial charge in [0.2, 0.25) is 0 Å². The first-order valence-electron chi connectivity index (χ1n) is 7.23. The van der Waals surface area contributed by atoms with Crippen molar-refractivity contribution in [3.05, 3.63) is 58.5 Å². The minimum atomic E-state index is 0.480. The Hall–Kier alpha value is -1.29. The second kappa shape index (κ2) is 8.23. The van der Waals surface area contributed by atoms with Gasteiger partial charge >= 0.3 is 0 Å². The summed E-state index contributed by atoms with van der Waals surface area (Å²) in [4.78, 5) is 0. The van der Waals surface area contributed by atoms with Gasteiger partial charge in [0.15, 0.2) is 0 Å². The van der Waals surface area contributed by atoms with Crippen molar-refractivity contribution in [1.82, 2.24) is 5.32 Å². The number of hydrogen-bond acceptors (Lipinski definition) is 3. The summed E-state index contributed by atoms with van der Waals surface area (Å²) in [7, 11) is 0. The van der Waals surface area contributed by atoms with Crippen molar-refractivity contribution in [1.29, 1.82) is 0 Å². The van der Waals surface area contributed by atoms with E-state index in [1.165, 1.54) is 0 Å². The van der Waals surface area contributed by atoms with E-state index in [-0.39, 0.29) is 0 Å². The topological polar surface area (TPSA) is 34.4 Å². The maximum Gasteiger partial charge on any atom is 0.133 e. The fraction of sp³-hybridized carbons (Fsp3) is 0.412. The lowest BCUT2D eigenvalue weighted by Crippen LogP contribution is -2.19. The van der Waals surface area contributed by atoms with Crippen molar-refractivity contribution < 1.29 is 9.15 Å². The number of ether oxygens (including phenoxy) is 1. The molecular formula is C17H22ClNO2. The van der Waals surface area contributed by atoms with E-state index in [0.29, 0.717) is 19.1 Å². The van der Waals surface area contributed by atoms with Crippen molar-refractivity contribution in [2.75, 3.05) is 6.54 Å². The van der Waals surface area contributed by atoms with Crippen LogP contribution in [0.4, 0.5) is 0 Å². The van der Waals surface area contributed by atoms with Crippen LogP contribution in [0.25, 0.3) is 0 Å². The van der Waals surface area contributed by atoms with Gasteiger partial charge in [0, 0.05) is 17.1 Å². The Kier molecular flexibility index (Phi) is 6.30. The summed E-state index contributed by atoms with van der Waals surface area (Å²) in [5.41, 5.74) is 2.26. The van der Waals surface area contributed by atoms with E-state index < -0.39 is 0 Å². The molecule has 1 heterocycles. The Bertz CT molecular complexity index is 534. The molecule has 4 heteroatoms. The van der Waals surface area contributed by atoms with Crippen LogP contribution in [0.3, 0.4) is 0 Å². The van der Waals surface area contributed by atoms with Gasteiger partial charge in [-0.2, -0.15) is 0 Å². The Morgan fingerprint density at radius 1 is 1.14 bits per heavy atom. The van der Waals surface area contributed by atoms with Crippen LogP contribution >= 0.6 is 11.6 Å². The Morgan fingerprint density at radius 2 is 1.90 bits per heavy atom. The lowest BCUT2D eigenvalue weighted by atomic mass is 10.2. The third-order valence-electron chi connectivity index (χ3n) is 3.12. The molecule has 0 amide bonds. The quantitative estimate of drug-likeness (QED) is 0.785. The lowest BCUT2D eigenvalue weighted by Gasteiger charge is -2.08. The highest BCUT2D eigenvalue weighted by Gasteiger charge is 2.07. The summed E-state index contributed by atoms with van der Waals surface area (Å²) in [6.45, 7) is 7.23. The molecule has 0 bridgehead atoms. The van der Waals surface area contributed by atoms with Gasteiger partial charge in [0.25, 0.3) is 0 Å². The normalized spacial score (nSPS) is 11.2. The summed E-state index contributed by atoms with van der Waals surface area (Å²) in [5, 5.41) is 4.15. The molecule has 21 heavy (non-hydrogen) atoms. The molecule has 1 N–H and O–H groups in total. The van der Waals surface area contributed by atoms with Gasteiger partial charge in [-0.1, -0.05) is 37.6 Å². The maximum atomic E-state index is 5.86. The second-order valence-corrected chi connectivity index (χ2v) is 5.95. The largest absolute Gasteiger partial charge is 0.467 e. The van der Waals surface area contributed by atoms with Crippen molar-refractivity contribution in [2.24, 2.45) is 5.92 Å². The number of nitrogens with one attached hydrogen (secondary N) is 1. The highest BCUT2D eigenvalue weighted by Crippen LogP contribution is 2.14. The van der Waals surface area contributed by atoms with Gasteiger partial charge < -0.3 is 14.5 Å². The maximum absolute atomic E-state index is 5.86. The van der Waals surface area contributed by atoms with E-state index in [4.69, 9.17) is 20.8 Å². The molecule has 114 valence electrons. The fourth-order valence-corrected chi connectivity index (χ4v) is 2.11. The molecule has 0 aliphatic heterocycles. The number of furan rings is 1. The van der Waals surface area contributed by atoms with Crippen molar-refractivity contribution in [3.8, 4) is 0 Å². The highest BCUT2D eigenvalue weighted by atomic mass is 35.5. The van der Waals surface area contributed by atoms with Crippen LogP contribution in [-0.4, -0.2) is 6.54 Å². The van der Waals surface area contributed by atoms with Crippen molar-refractivity contribution >= 4 is 11.6 Å². The van der Waals surface area contributed by atoms with E-state index in [1.807, 2.05) is 30.3 Å². The van der Waals surface area contributed by atoms with Crippen LogP contribution in [0.5, 0.6) is 0 Å². The van der Waals surface area contributed by atoms with Crippen molar-refractivity contribution in [3.63, 3.8) is 0 Å². The number of benzene rings is 1. The molecule has 1 aromatic heterocycles. The van der Waals surface area contributed by atoms with Crippen LogP contribution in [0, 0.1) is 5.92 Å². The van der Waals surface area contributed by atoms with Crippen LogP contribution in [-0.2, 0) is 24.5 Å². The van der Waals surface area contributed by atoms with Gasteiger partial charge in [-0.25, -0.2) is 0 Å². The zero-order chi connectivity index (χ0) is 15.1. The zero-order valence-corrected chi connectivity index (χ0v) is 13.3. The first-order valence-corrected chi connectivity index (χ1v) is 7.61. The molecule has 0 radical (unpaired) electrons. The molecule has 0 saturated carbocycles. The molecule has 1 aromatic carbocycles.